The summed E-state index contributed by atoms with van der Waals surface area (Å²) < 4.78 is 58.3. The van der Waals surface area contributed by atoms with Gasteiger partial charge in [-0.25, -0.2) is 17.8 Å². The number of ether oxygens (including phenoxy) is 2. The molecule has 0 atom stereocenters. The Hall–Kier alpha value is -5.36. The van der Waals surface area contributed by atoms with Crippen LogP contribution in [0, 0.1) is 5.82 Å². The largest absolute Gasteiger partial charge is 0.494 e. The van der Waals surface area contributed by atoms with Gasteiger partial charge in [-0.15, -0.1) is 0 Å². The average Bonchev–Trinajstić information content (AvgIpc) is 3.64. The number of benzene rings is 3. The Balaban J connectivity index is 1.69. The lowest BCUT2D eigenvalue weighted by Crippen LogP contribution is -2.25. The minimum Gasteiger partial charge on any atom is -0.494 e. The number of aromatic amines is 1. The average molecular weight is 629 g/mol. The molecule has 45 heavy (non-hydrogen) atoms. The standard InChI is InChI=1S/C33H29FN4O6S/c1-35-33(39)29-22-15-21(25(38(2)45(5,40)41)16-26(22)44-32(29)18-10-12-20(34)13-11-18)30-27(42-3)17-28(43-4)31(37-30)24-14-19-8-6-7-9-23(19)36-24/h6-17,36H,1-5H3,(H,35,39). The van der Waals surface area contributed by atoms with Gasteiger partial charge in [0.2, 0.25) is 10.0 Å². The van der Waals surface area contributed by atoms with Crippen LogP contribution in [-0.2, 0) is 10.0 Å². The number of rotatable bonds is 8. The van der Waals surface area contributed by atoms with Gasteiger partial charge in [0.15, 0.2) is 0 Å². The third-order valence-electron chi connectivity index (χ3n) is 7.64. The molecule has 3 aromatic heterocycles. The Morgan fingerprint density at radius 1 is 0.978 bits per heavy atom. The Morgan fingerprint density at radius 2 is 1.67 bits per heavy atom. The highest BCUT2D eigenvalue weighted by Crippen LogP contribution is 2.45. The third kappa shape index (κ3) is 5.22. The molecule has 0 aliphatic carbocycles. The van der Waals surface area contributed by atoms with E-state index in [-0.39, 0.29) is 22.6 Å². The minimum atomic E-state index is -3.78. The van der Waals surface area contributed by atoms with Crippen molar-refractivity contribution < 1.29 is 31.5 Å². The fraction of sp³-hybridized carbons (Fsp3) is 0.152. The number of carbonyl (C=O) groups is 1. The number of sulfonamides is 1. The zero-order valence-corrected chi connectivity index (χ0v) is 25.9. The first kappa shape index (κ1) is 29.7. The van der Waals surface area contributed by atoms with Gasteiger partial charge in [-0.3, -0.25) is 9.10 Å². The van der Waals surface area contributed by atoms with Crippen molar-refractivity contribution in [1.29, 1.82) is 0 Å². The number of anilines is 1. The van der Waals surface area contributed by atoms with Gasteiger partial charge in [-0.1, -0.05) is 18.2 Å². The molecule has 2 N–H and O–H groups in total. The summed E-state index contributed by atoms with van der Waals surface area (Å²) in [6.45, 7) is 0. The van der Waals surface area contributed by atoms with Crippen LogP contribution in [0.3, 0.4) is 0 Å². The summed E-state index contributed by atoms with van der Waals surface area (Å²) in [4.78, 5) is 21.6. The van der Waals surface area contributed by atoms with Gasteiger partial charge in [0.05, 0.1) is 37.4 Å². The number of methoxy groups -OCH3 is 2. The number of nitrogens with zero attached hydrogens (tertiary/aromatic N) is 2. The first-order chi connectivity index (χ1) is 21.5. The Morgan fingerprint density at radius 3 is 2.31 bits per heavy atom. The van der Waals surface area contributed by atoms with Gasteiger partial charge in [-0.05, 0) is 42.5 Å². The summed E-state index contributed by atoms with van der Waals surface area (Å²) in [7, 11) is 2.12. The molecule has 10 nitrogen and oxygen atoms in total. The molecule has 0 saturated heterocycles. The van der Waals surface area contributed by atoms with Crippen molar-refractivity contribution in [2.45, 2.75) is 0 Å². The van der Waals surface area contributed by atoms with Gasteiger partial charge in [0, 0.05) is 53.6 Å². The van der Waals surface area contributed by atoms with E-state index in [1.165, 1.54) is 52.6 Å². The van der Waals surface area contributed by atoms with Crippen molar-refractivity contribution in [1.82, 2.24) is 15.3 Å². The number of H-pyrrole nitrogens is 1. The number of hydrogen-bond acceptors (Lipinski definition) is 7. The third-order valence-corrected chi connectivity index (χ3v) is 8.83. The molecule has 6 aromatic rings. The van der Waals surface area contributed by atoms with E-state index in [0.29, 0.717) is 45.1 Å². The Labute approximate surface area is 258 Å². The van der Waals surface area contributed by atoms with Crippen LogP contribution in [-0.4, -0.2) is 58.9 Å². The lowest BCUT2D eigenvalue weighted by Gasteiger charge is -2.22. The summed E-state index contributed by atoms with van der Waals surface area (Å²) >= 11 is 0. The number of para-hydroxylation sites is 1. The first-order valence-electron chi connectivity index (χ1n) is 13.8. The molecule has 12 heteroatoms. The van der Waals surface area contributed by atoms with E-state index in [0.717, 1.165) is 21.5 Å². The molecule has 1 amide bonds. The predicted octanol–water partition coefficient (Wildman–Crippen LogP) is 6.22. The van der Waals surface area contributed by atoms with E-state index in [2.05, 4.69) is 10.3 Å². The fourth-order valence-corrected chi connectivity index (χ4v) is 5.80. The molecular formula is C33H29FN4O6S. The number of hydrogen-bond donors (Lipinski definition) is 2. The lowest BCUT2D eigenvalue weighted by atomic mass is 10.00. The maximum atomic E-state index is 13.8. The number of fused-ring (bicyclic) bond motifs is 2. The SMILES string of the molecule is CNC(=O)c1c(-c2ccc(F)cc2)oc2cc(N(C)S(C)(=O)=O)c(-c3nc(-c4cc5ccccc5[nH]4)c(OC)cc3OC)cc12. The van der Waals surface area contributed by atoms with Crippen LogP contribution in [0.15, 0.2) is 77.2 Å². The lowest BCUT2D eigenvalue weighted by molar-refractivity contribution is 0.0964. The monoisotopic (exact) mass is 628 g/mol. The molecule has 3 aromatic carbocycles. The first-order valence-corrected chi connectivity index (χ1v) is 15.6. The Bertz CT molecular complexity index is 2170. The second kappa shape index (κ2) is 11.3. The van der Waals surface area contributed by atoms with Crippen LogP contribution in [0.25, 0.3) is 55.8 Å². The van der Waals surface area contributed by atoms with E-state index in [9.17, 15) is 17.6 Å². The maximum Gasteiger partial charge on any atom is 0.255 e. The normalized spacial score (nSPS) is 11.6. The summed E-state index contributed by atoms with van der Waals surface area (Å²) in [5.74, 6) is 0.0332. The highest BCUT2D eigenvalue weighted by atomic mass is 32.2. The van der Waals surface area contributed by atoms with Gasteiger partial charge in [-0.2, -0.15) is 0 Å². The number of amides is 1. The van der Waals surface area contributed by atoms with Crippen LogP contribution in [0.4, 0.5) is 10.1 Å². The quantitative estimate of drug-likeness (QED) is 0.205. The van der Waals surface area contributed by atoms with Crippen LogP contribution >= 0.6 is 0 Å². The zero-order chi connectivity index (χ0) is 32.0. The number of aromatic nitrogens is 2. The molecule has 0 unspecified atom stereocenters. The van der Waals surface area contributed by atoms with E-state index < -0.39 is 21.7 Å². The van der Waals surface area contributed by atoms with Crippen LogP contribution < -0.4 is 19.1 Å². The van der Waals surface area contributed by atoms with E-state index in [4.69, 9.17) is 18.9 Å². The highest BCUT2D eigenvalue weighted by molar-refractivity contribution is 7.92. The van der Waals surface area contributed by atoms with Gasteiger partial charge in [0.1, 0.15) is 40.0 Å². The topological polar surface area (TPSA) is 127 Å². The van der Waals surface area contributed by atoms with E-state index in [1.54, 1.807) is 18.2 Å². The molecule has 3 heterocycles. The number of halogens is 1. The molecule has 0 bridgehead atoms. The van der Waals surface area contributed by atoms with E-state index >= 15 is 0 Å². The van der Waals surface area contributed by atoms with Crippen molar-refractivity contribution in [3.05, 3.63) is 84.2 Å². The molecule has 6 rings (SSSR count). The van der Waals surface area contributed by atoms with Crippen molar-refractivity contribution >= 4 is 43.5 Å². The van der Waals surface area contributed by atoms with E-state index in [1.807, 2.05) is 30.3 Å². The summed E-state index contributed by atoms with van der Waals surface area (Å²) in [5, 5.41) is 4.00. The molecule has 230 valence electrons. The molecule has 0 saturated carbocycles. The van der Waals surface area contributed by atoms with Gasteiger partial charge < -0.3 is 24.2 Å². The maximum absolute atomic E-state index is 13.8. The van der Waals surface area contributed by atoms with Gasteiger partial charge in [0.25, 0.3) is 5.91 Å². The second-order valence-electron chi connectivity index (χ2n) is 10.3. The van der Waals surface area contributed by atoms with Crippen molar-refractivity contribution in [2.75, 3.05) is 38.9 Å². The number of furan rings is 1. The van der Waals surface area contributed by atoms with Crippen molar-refractivity contribution in [3.8, 4) is 45.5 Å². The van der Waals surface area contributed by atoms with Crippen molar-refractivity contribution in [2.24, 2.45) is 0 Å². The van der Waals surface area contributed by atoms with Gasteiger partial charge >= 0.3 is 0 Å². The smallest absolute Gasteiger partial charge is 0.255 e. The van der Waals surface area contributed by atoms with Crippen LogP contribution in [0.5, 0.6) is 11.5 Å². The second-order valence-corrected chi connectivity index (χ2v) is 12.4. The number of carbonyl (C=O) groups excluding carboxylic acids is 1. The molecular weight excluding hydrogens is 599 g/mol. The van der Waals surface area contributed by atoms with Crippen LogP contribution in [0.2, 0.25) is 0 Å². The molecule has 0 aliphatic rings. The summed E-state index contributed by atoms with van der Waals surface area (Å²) in [6, 6.07) is 20.1. The molecule has 0 radical (unpaired) electrons. The highest BCUT2D eigenvalue weighted by Gasteiger charge is 2.28. The summed E-state index contributed by atoms with van der Waals surface area (Å²) in [6.07, 6.45) is 1.08. The minimum absolute atomic E-state index is 0.192. The fourth-order valence-electron chi connectivity index (χ4n) is 5.29. The van der Waals surface area contributed by atoms with Crippen molar-refractivity contribution in [3.63, 3.8) is 0 Å². The number of nitrogens with one attached hydrogen (secondary N) is 2. The number of pyridine rings is 1. The molecule has 0 aliphatic heterocycles. The zero-order valence-electron chi connectivity index (χ0n) is 25.1. The molecule has 0 fully saturated rings. The van der Waals surface area contributed by atoms with Crippen LogP contribution in [0.1, 0.15) is 10.4 Å². The molecule has 0 spiro atoms. The predicted molar refractivity (Wildman–Crippen MR) is 172 cm³/mol. The summed E-state index contributed by atoms with van der Waals surface area (Å²) in [5.41, 5.74) is 3.80. The Kier molecular flexibility index (Phi) is 7.45.